The lowest BCUT2D eigenvalue weighted by Crippen LogP contribution is -2.54. The molecule has 0 spiro atoms. The van der Waals surface area contributed by atoms with Crippen LogP contribution in [0.1, 0.15) is 117 Å². The molecule has 0 radical (unpaired) electrons. The third kappa shape index (κ3) is 7.98. The molecule has 5 rings (SSSR count). The number of ether oxygens (including phenoxy) is 2. The average Bonchev–Trinajstić information content (AvgIpc) is 2.92. The van der Waals surface area contributed by atoms with Gasteiger partial charge in [0.2, 0.25) is 11.7 Å². The van der Waals surface area contributed by atoms with Crippen molar-refractivity contribution in [3.8, 4) is 0 Å². The summed E-state index contributed by atoms with van der Waals surface area (Å²) in [7, 11) is 0. The van der Waals surface area contributed by atoms with Gasteiger partial charge in [-0.15, -0.1) is 0 Å². The maximum Gasteiger partial charge on any atom is 0.432 e. The molecule has 3 nitrogen and oxygen atoms in total. The lowest BCUT2D eigenvalue weighted by molar-refractivity contribution is -0.327. The van der Waals surface area contributed by atoms with E-state index in [2.05, 4.69) is 6.92 Å². The van der Waals surface area contributed by atoms with Crippen LogP contribution in [-0.4, -0.2) is 37.2 Å². The highest BCUT2D eigenvalue weighted by molar-refractivity contribution is 5.76. The number of esters is 1. The van der Waals surface area contributed by atoms with Crippen LogP contribution in [0.3, 0.4) is 0 Å². The Balaban J connectivity index is 1.65. The van der Waals surface area contributed by atoms with Crippen LogP contribution >= 0.6 is 0 Å². The van der Waals surface area contributed by atoms with E-state index in [4.69, 9.17) is 9.47 Å². The van der Waals surface area contributed by atoms with Gasteiger partial charge in [0.25, 0.3) is 0 Å². The summed E-state index contributed by atoms with van der Waals surface area (Å²) in [6.45, 7) is 9.98. The molecule has 4 aliphatic rings. The number of carbonyl (C=O) groups excluding carboxylic acids is 1. The zero-order chi connectivity index (χ0) is 36.3. The van der Waals surface area contributed by atoms with Gasteiger partial charge < -0.3 is 9.47 Å². The molecule has 0 heterocycles. The van der Waals surface area contributed by atoms with Gasteiger partial charge in [-0.05, 0) is 125 Å². The predicted octanol–water partition coefficient (Wildman–Crippen LogP) is 11.3. The third-order valence-electron chi connectivity index (χ3n) is 11.6. The molecule has 48 heavy (non-hydrogen) atoms. The molecule has 4 aliphatic carbocycles. The minimum atomic E-state index is -5.65. The van der Waals surface area contributed by atoms with Gasteiger partial charge in [-0.2, -0.15) is 39.5 Å². The monoisotopic (exact) mass is 700 g/mol. The van der Waals surface area contributed by atoms with Crippen molar-refractivity contribution in [1.82, 2.24) is 0 Å². The van der Waals surface area contributed by atoms with Crippen LogP contribution < -0.4 is 0 Å². The summed E-state index contributed by atoms with van der Waals surface area (Å²) in [5.41, 5.74) is -5.27. The summed E-state index contributed by atoms with van der Waals surface area (Å²) in [6, 6.07) is 5.38. The maximum absolute atomic E-state index is 14.3. The second-order valence-electron chi connectivity index (χ2n) is 16.7. The van der Waals surface area contributed by atoms with Crippen LogP contribution in [0.15, 0.2) is 24.3 Å². The van der Waals surface area contributed by atoms with Gasteiger partial charge in [0.1, 0.15) is 0 Å². The quantitative estimate of drug-likeness (QED) is 0.170. The van der Waals surface area contributed by atoms with Gasteiger partial charge in [0, 0.05) is 5.56 Å². The van der Waals surface area contributed by atoms with Crippen LogP contribution in [0.25, 0.3) is 0 Å². The van der Waals surface area contributed by atoms with E-state index in [-0.39, 0.29) is 17.4 Å². The maximum atomic E-state index is 14.3. The molecule has 0 N–H and O–H groups in total. The molecule has 0 amide bonds. The van der Waals surface area contributed by atoms with E-state index >= 15 is 0 Å². The Morgan fingerprint density at radius 2 is 1.29 bits per heavy atom. The largest absolute Gasteiger partial charge is 0.444 e. The Morgan fingerprint density at radius 3 is 1.69 bits per heavy atom. The highest BCUT2D eigenvalue weighted by Gasteiger charge is 2.60. The number of rotatable bonds is 11. The molecule has 3 atom stereocenters. The molecule has 0 saturated heterocycles. The lowest BCUT2D eigenvalue weighted by Gasteiger charge is -2.62. The molecule has 0 aromatic heterocycles. The molecular formula is C36H49F9O3. The fraction of sp³-hybridized carbons (Fsp3) is 0.806. The van der Waals surface area contributed by atoms with Gasteiger partial charge in [-0.1, -0.05) is 45.0 Å². The summed E-state index contributed by atoms with van der Waals surface area (Å²) in [4.78, 5) is 12.5. The number of benzene rings is 1. The molecule has 274 valence electrons. The molecule has 0 aliphatic heterocycles. The Morgan fingerprint density at radius 1 is 0.812 bits per heavy atom. The van der Waals surface area contributed by atoms with Crippen LogP contribution in [0.4, 0.5) is 39.5 Å². The first-order valence-corrected chi connectivity index (χ1v) is 16.9. The minimum Gasteiger partial charge on any atom is -0.444 e. The van der Waals surface area contributed by atoms with Crippen molar-refractivity contribution in [1.29, 1.82) is 0 Å². The molecular weight excluding hydrogens is 651 g/mol. The van der Waals surface area contributed by atoms with Crippen LogP contribution in [0.2, 0.25) is 0 Å². The summed E-state index contributed by atoms with van der Waals surface area (Å²) in [5.74, 6) is 0.416. The lowest BCUT2D eigenvalue weighted by atomic mass is 9.43. The van der Waals surface area contributed by atoms with Crippen molar-refractivity contribution in [2.45, 2.75) is 136 Å². The summed E-state index contributed by atoms with van der Waals surface area (Å²) >= 11 is 0. The highest BCUT2D eigenvalue weighted by atomic mass is 19.4. The molecule has 4 bridgehead atoms. The summed E-state index contributed by atoms with van der Waals surface area (Å²) in [6.07, 6.45) is -14.0. The smallest absolute Gasteiger partial charge is 0.432 e. The minimum absolute atomic E-state index is 0.169. The second kappa shape index (κ2) is 13.0. The van der Waals surface area contributed by atoms with Gasteiger partial charge in [-0.3, -0.25) is 4.79 Å². The Labute approximate surface area is 277 Å². The van der Waals surface area contributed by atoms with Crippen LogP contribution in [0, 0.1) is 39.9 Å². The predicted molar refractivity (Wildman–Crippen MR) is 163 cm³/mol. The zero-order valence-electron chi connectivity index (χ0n) is 28.8. The van der Waals surface area contributed by atoms with Crippen molar-refractivity contribution in [2.75, 3.05) is 6.61 Å². The van der Waals surface area contributed by atoms with E-state index < -0.39 is 59.6 Å². The first-order valence-electron chi connectivity index (χ1n) is 16.9. The van der Waals surface area contributed by atoms with E-state index in [9.17, 15) is 44.3 Å². The van der Waals surface area contributed by atoms with E-state index in [0.29, 0.717) is 42.1 Å². The molecule has 12 heteroatoms. The zero-order valence-corrected chi connectivity index (χ0v) is 28.8. The first kappa shape index (κ1) is 38.8. The standard InChI is InChI=1S/C36H49F9O3/c1-8-23(24-9-11-25(12-10-24)33(7,36(43,44)45)48-29(46)30(2,3)4)18-31(5,20-47-28(34(37,38)39)35(40,41)42)19-32(6)26-14-21-13-22(16-26)17-27(32)15-21/h9-12,21-23,26-28H,8,13-20H2,1-7H3. The highest BCUT2D eigenvalue weighted by Crippen LogP contribution is 2.65. The van der Waals surface area contributed by atoms with Gasteiger partial charge in [-0.25, -0.2) is 0 Å². The van der Waals surface area contributed by atoms with Gasteiger partial charge in [0.05, 0.1) is 12.0 Å². The molecule has 1 aromatic carbocycles. The summed E-state index contributed by atoms with van der Waals surface area (Å²) < 4.78 is 134. The third-order valence-corrected chi connectivity index (χ3v) is 11.6. The van der Waals surface area contributed by atoms with E-state index in [1.165, 1.54) is 51.5 Å². The number of hydrogen-bond acceptors (Lipinski definition) is 3. The summed E-state index contributed by atoms with van der Waals surface area (Å²) in [5, 5.41) is 0. The van der Waals surface area contributed by atoms with Gasteiger partial charge >= 0.3 is 24.5 Å². The van der Waals surface area contributed by atoms with Crippen molar-refractivity contribution in [3.05, 3.63) is 35.4 Å². The van der Waals surface area contributed by atoms with Crippen LogP contribution in [-0.2, 0) is 19.9 Å². The molecule has 3 unspecified atom stereocenters. The van der Waals surface area contributed by atoms with Crippen molar-refractivity contribution in [3.63, 3.8) is 0 Å². The molecule has 1 aromatic rings. The number of alkyl halides is 9. The van der Waals surface area contributed by atoms with Crippen molar-refractivity contribution in [2.24, 2.45) is 39.9 Å². The average molecular weight is 701 g/mol. The first-order chi connectivity index (χ1) is 21.7. The van der Waals surface area contributed by atoms with Crippen molar-refractivity contribution < 1.29 is 53.8 Å². The Kier molecular flexibility index (Phi) is 10.5. The normalized spacial score (nSPS) is 29.4. The van der Waals surface area contributed by atoms with Gasteiger partial charge in [0.15, 0.2) is 0 Å². The molecule has 4 saturated carbocycles. The van der Waals surface area contributed by atoms with Crippen LogP contribution in [0.5, 0.6) is 0 Å². The second-order valence-corrected chi connectivity index (χ2v) is 16.7. The topological polar surface area (TPSA) is 35.5 Å². The number of carbonyl (C=O) groups is 1. The van der Waals surface area contributed by atoms with E-state index in [1.54, 1.807) is 6.92 Å². The Bertz CT molecular complexity index is 1240. The van der Waals surface area contributed by atoms with E-state index in [0.717, 1.165) is 32.6 Å². The fourth-order valence-corrected chi connectivity index (χ4v) is 9.10. The number of halogens is 9. The van der Waals surface area contributed by atoms with E-state index in [1.807, 2.05) is 6.92 Å². The molecule has 4 fully saturated rings. The fourth-order valence-electron chi connectivity index (χ4n) is 9.10. The SMILES string of the molecule is CCC(CC(C)(COC(C(F)(F)F)C(F)(F)F)CC1(C)C2CC3CC(C2)CC1C3)c1ccc(C(C)(OC(=O)C(C)(C)C)C(F)(F)F)cc1. The number of hydrogen-bond donors (Lipinski definition) is 0. The van der Waals surface area contributed by atoms with Crippen molar-refractivity contribution >= 4 is 5.97 Å². The Hall–Kier alpha value is -1.98.